The van der Waals surface area contributed by atoms with Crippen LogP contribution in [-0.2, 0) is 0 Å². The molecular formula is C11H10N2O. The maximum absolute atomic E-state index is 5.32. The molecule has 14 heavy (non-hydrogen) atoms. The van der Waals surface area contributed by atoms with Crippen LogP contribution in [0.3, 0.4) is 0 Å². The smallest absolute Gasteiger partial charge is 0.157 e. The van der Waals surface area contributed by atoms with Crippen LogP contribution in [0.1, 0.15) is 11.9 Å². The lowest BCUT2D eigenvalue weighted by Gasteiger charge is -2.07. The van der Waals surface area contributed by atoms with Crippen LogP contribution in [0.2, 0.25) is 0 Å². The van der Waals surface area contributed by atoms with Gasteiger partial charge in [0.15, 0.2) is 6.17 Å². The van der Waals surface area contributed by atoms with Gasteiger partial charge in [-0.3, -0.25) is 0 Å². The summed E-state index contributed by atoms with van der Waals surface area (Å²) in [4.78, 5) is 0. The molecule has 2 aromatic rings. The van der Waals surface area contributed by atoms with Gasteiger partial charge in [-0.25, -0.2) is 0 Å². The van der Waals surface area contributed by atoms with E-state index in [2.05, 4.69) is 10.6 Å². The molecule has 0 unspecified atom stereocenters. The van der Waals surface area contributed by atoms with Gasteiger partial charge in [0.05, 0.1) is 17.6 Å². The summed E-state index contributed by atoms with van der Waals surface area (Å²) in [6.45, 7) is 0. The van der Waals surface area contributed by atoms with Gasteiger partial charge in [-0.15, -0.1) is 0 Å². The van der Waals surface area contributed by atoms with Crippen LogP contribution in [0.5, 0.6) is 0 Å². The molecule has 0 saturated heterocycles. The maximum Gasteiger partial charge on any atom is 0.157 e. The predicted molar refractivity (Wildman–Crippen MR) is 55.1 cm³/mol. The van der Waals surface area contributed by atoms with Crippen molar-refractivity contribution in [3.05, 3.63) is 48.4 Å². The molecule has 1 aromatic heterocycles. The molecule has 0 bridgehead atoms. The van der Waals surface area contributed by atoms with Gasteiger partial charge in [-0.05, 0) is 24.3 Å². The number of fused-ring (bicyclic) bond motifs is 1. The zero-order valence-electron chi connectivity index (χ0n) is 7.53. The molecule has 2 heterocycles. The fourth-order valence-corrected chi connectivity index (χ4v) is 1.68. The molecule has 70 valence electrons. The number of anilines is 2. The Morgan fingerprint density at radius 2 is 1.64 bits per heavy atom. The normalized spacial score (nSPS) is 14.6. The highest BCUT2D eigenvalue weighted by Gasteiger charge is 2.21. The first-order chi connectivity index (χ1) is 6.93. The highest BCUT2D eigenvalue weighted by atomic mass is 16.3. The minimum absolute atomic E-state index is 0.0578. The first kappa shape index (κ1) is 7.50. The first-order valence-corrected chi connectivity index (χ1v) is 4.59. The van der Waals surface area contributed by atoms with Crippen molar-refractivity contribution in [2.75, 3.05) is 10.6 Å². The molecule has 0 atom stereocenters. The number of hydrogen-bond donors (Lipinski definition) is 2. The fraction of sp³-hybridized carbons (Fsp3) is 0.0909. The van der Waals surface area contributed by atoms with Crippen molar-refractivity contribution in [1.29, 1.82) is 0 Å². The van der Waals surface area contributed by atoms with Crippen molar-refractivity contribution < 1.29 is 4.42 Å². The molecule has 0 saturated carbocycles. The highest BCUT2D eigenvalue weighted by Crippen LogP contribution is 2.34. The number of furan rings is 1. The number of rotatable bonds is 1. The third-order valence-electron chi connectivity index (χ3n) is 2.35. The number of para-hydroxylation sites is 2. The molecule has 3 rings (SSSR count). The Balaban J connectivity index is 1.92. The van der Waals surface area contributed by atoms with Crippen molar-refractivity contribution in [3.8, 4) is 0 Å². The molecule has 2 N–H and O–H groups in total. The Morgan fingerprint density at radius 1 is 0.929 bits per heavy atom. The van der Waals surface area contributed by atoms with Crippen LogP contribution >= 0.6 is 0 Å². The highest BCUT2D eigenvalue weighted by molar-refractivity contribution is 5.74. The number of hydrogen-bond acceptors (Lipinski definition) is 3. The standard InChI is InChI=1S/C11H10N2O/c1-2-5-9-8(4-1)12-11(13-9)10-6-3-7-14-10/h1-7,11-13H. The lowest BCUT2D eigenvalue weighted by molar-refractivity contribution is 0.497. The van der Waals surface area contributed by atoms with E-state index in [1.165, 1.54) is 0 Å². The molecule has 0 fully saturated rings. The van der Waals surface area contributed by atoms with Gasteiger partial charge >= 0.3 is 0 Å². The van der Waals surface area contributed by atoms with E-state index in [-0.39, 0.29) is 6.17 Å². The summed E-state index contributed by atoms with van der Waals surface area (Å²) in [6, 6.07) is 12.0. The Kier molecular flexibility index (Phi) is 1.50. The van der Waals surface area contributed by atoms with E-state index in [1.54, 1.807) is 6.26 Å². The Labute approximate surface area is 81.7 Å². The number of benzene rings is 1. The molecule has 0 aliphatic carbocycles. The molecule has 0 spiro atoms. The molecule has 3 nitrogen and oxygen atoms in total. The summed E-state index contributed by atoms with van der Waals surface area (Å²) in [6.07, 6.45) is 1.74. The van der Waals surface area contributed by atoms with E-state index in [0.29, 0.717) is 0 Å². The summed E-state index contributed by atoms with van der Waals surface area (Å²) in [5.41, 5.74) is 2.24. The molecule has 0 amide bonds. The summed E-state index contributed by atoms with van der Waals surface area (Å²) < 4.78 is 5.32. The monoisotopic (exact) mass is 186 g/mol. The topological polar surface area (TPSA) is 37.2 Å². The van der Waals surface area contributed by atoms with Crippen LogP contribution in [0.15, 0.2) is 47.1 Å². The third kappa shape index (κ3) is 1.06. The summed E-state index contributed by atoms with van der Waals surface area (Å²) in [5.74, 6) is 0.904. The van der Waals surface area contributed by atoms with Crippen molar-refractivity contribution in [1.82, 2.24) is 0 Å². The van der Waals surface area contributed by atoms with Crippen LogP contribution < -0.4 is 10.6 Å². The van der Waals surface area contributed by atoms with E-state index in [0.717, 1.165) is 17.1 Å². The van der Waals surface area contributed by atoms with Crippen molar-refractivity contribution in [2.24, 2.45) is 0 Å². The Hall–Kier alpha value is -1.90. The van der Waals surface area contributed by atoms with Gasteiger partial charge in [0, 0.05) is 0 Å². The molecule has 1 aromatic carbocycles. The predicted octanol–water partition coefficient (Wildman–Crippen LogP) is 2.82. The van der Waals surface area contributed by atoms with E-state index < -0.39 is 0 Å². The van der Waals surface area contributed by atoms with E-state index in [4.69, 9.17) is 4.42 Å². The molecule has 3 heteroatoms. The Morgan fingerprint density at radius 3 is 2.21 bits per heavy atom. The van der Waals surface area contributed by atoms with E-state index >= 15 is 0 Å². The zero-order chi connectivity index (χ0) is 9.38. The van der Waals surface area contributed by atoms with E-state index in [1.807, 2.05) is 36.4 Å². The van der Waals surface area contributed by atoms with Crippen molar-refractivity contribution in [2.45, 2.75) is 6.17 Å². The van der Waals surface area contributed by atoms with Gasteiger partial charge in [-0.1, -0.05) is 12.1 Å². The van der Waals surface area contributed by atoms with Crippen molar-refractivity contribution in [3.63, 3.8) is 0 Å². The average molecular weight is 186 g/mol. The largest absolute Gasteiger partial charge is 0.465 e. The lowest BCUT2D eigenvalue weighted by atomic mass is 10.3. The Bertz CT molecular complexity index is 411. The van der Waals surface area contributed by atoms with Gasteiger partial charge in [0.25, 0.3) is 0 Å². The van der Waals surface area contributed by atoms with Crippen LogP contribution in [0, 0.1) is 0 Å². The third-order valence-corrected chi connectivity index (χ3v) is 2.35. The molecule has 1 aliphatic heterocycles. The second-order valence-corrected chi connectivity index (χ2v) is 3.28. The van der Waals surface area contributed by atoms with E-state index in [9.17, 15) is 0 Å². The first-order valence-electron chi connectivity index (χ1n) is 4.59. The second-order valence-electron chi connectivity index (χ2n) is 3.28. The zero-order valence-corrected chi connectivity index (χ0v) is 7.53. The average Bonchev–Trinajstić information content (AvgIpc) is 2.86. The summed E-state index contributed by atoms with van der Waals surface area (Å²) in [7, 11) is 0. The second kappa shape index (κ2) is 2.80. The summed E-state index contributed by atoms with van der Waals surface area (Å²) >= 11 is 0. The SMILES string of the molecule is c1coc(C2Nc3ccccc3N2)c1. The maximum atomic E-state index is 5.32. The number of nitrogens with one attached hydrogen (secondary N) is 2. The lowest BCUT2D eigenvalue weighted by Crippen LogP contribution is -2.10. The minimum Gasteiger partial charge on any atom is -0.465 e. The minimum atomic E-state index is 0.0578. The van der Waals surface area contributed by atoms with Crippen LogP contribution in [-0.4, -0.2) is 0 Å². The molecular weight excluding hydrogens is 176 g/mol. The quantitative estimate of drug-likeness (QED) is 0.719. The van der Waals surface area contributed by atoms with Gasteiger partial charge < -0.3 is 15.1 Å². The van der Waals surface area contributed by atoms with Crippen LogP contribution in [0.25, 0.3) is 0 Å². The van der Waals surface area contributed by atoms with Crippen molar-refractivity contribution >= 4 is 11.4 Å². The van der Waals surface area contributed by atoms with Crippen LogP contribution in [0.4, 0.5) is 11.4 Å². The van der Waals surface area contributed by atoms with Gasteiger partial charge in [-0.2, -0.15) is 0 Å². The van der Waals surface area contributed by atoms with Gasteiger partial charge in [0.1, 0.15) is 5.76 Å². The molecule has 0 radical (unpaired) electrons. The fourth-order valence-electron chi connectivity index (χ4n) is 1.68. The summed E-state index contributed by atoms with van der Waals surface area (Å²) in [5, 5.41) is 6.66. The molecule has 1 aliphatic rings. The van der Waals surface area contributed by atoms with Gasteiger partial charge in [0.2, 0.25) is 0 Å².